The summed E-state index contributed by atoms with van der Waals surface area (Å²) in [5.74, 6) is -0.275. The van der Waals surface area contributed by atoms with Crippen molar-refractivity contribution in [3.8, 4) is 0 Å². The summed E-state index contributed by atoms with van der Waals surface area (Å²) < 4.78 is 11.5. The van der Waals surface area contributed by atoms with E-state index in [2.05, 4.69) is 5.32 Å². The zero-order chi connectivity index (χ0) is 18.1. The maximum atomic E-state index is 12.6. The van der Waals surface area contributed by atoms with Gasteiger partial charge in [-0.3, -0.25) is 9.59 Å². The minimum atomic E-state index is -0.452. The summed E-state index contributed by atoms with van der Waals surface area (Å²) in [5.41, 5.74) is 0.698. The lowest BCUT2D eigenvalue weighted by molar-refractivity contribution is -0.143. The first-order valence-corrected chi connectivity index (χ1v) is 9.97. The predicted octanol–water partition coefficient (Wildman–Crippen LogP) is 0.649. The fourth-order valence-corrected chi connectivity index (χ4v) is 5.20. The summed E-state index contributed by atoms with van der Waals surface area (Å²) in [7, 11) is 0. The third-order valence-corrected chi connectivity index (χ3v) is 6.75. The molecule has 2 N–H and O–H groups in total. The largest absolute Gasteiger partial charge is 0.387 e. The molecule has 4 rings (SSSR count). The van der Waals surface area contributed by atoms with Crippen LogP contribution in [0.3, 0.4) is 0 Å². The maximum Gasteiger partial charge on any atom is 0.261 e. The highest BCUT2D eigenvalue weighted by atomic mass is 32.1. The molecule has 26 heavy (non-hydrogen) atoms. The van der Waals surface area contributed by atoms with E-state index in [1.54, 1.807) is 16.2 Å². The van der Waals surface area contributed by atoms with Gasteiger partial charge in [0.1, 0.15) is 6.61 Å². The zero-order valence-corrected chi connectivity index (χ0v) is 15.5. The van der Waals surface area contributed by atoms with Crippen LogP contribution in [0.15, 0.2) is 6.07 Å². The number of nitrogens with one attached hydrogen (secondary N) is 1. The summed E-state index contributed by atoms with van der Waals surface area (Å²) in [4.78, 5) is 27.9. The zero-order valence-electron chi connectivity index (χ0n) is 14.7. The Bertz CT molecular complexity index is 690. The highest BCUT2D eigenvalue weighted by molar-refractivity contribution is 7.14. The normalized spacial score (nSPS) is 24.5. The molecule has 1 spiro atoms. The van der Waals surface area contributed by atoms with E-state index < -0.39 is 12.2 Å². The minimum absolute atomic E-state index is 0.0389. The summed E-state index contributed by atoms with van der Waals surface area (Å²) in [6, 6.07) is 2.08. The van der Waals surface area contributed by atoms with Crippen LogP contribution in [0.4, 0.5) is 0 Å². The average Bonchev–Trinajstić information content (AvgIpc) is 3.32. The monoisotopic (exact) mass is 380 g/mol. The second-order valence-electron chi connectivity index (χ2n) is 7.11. The van der Waals surface area contributed by atoms with Gasteiger partial charge in [-0.2, -0.15) is 0 Å². The number of thiophene rings is 1. The van der Waals surface area contributed by atoms with E-state index in [1.807, 2.05) is 6.07 Å². The van der Waals surface area contributed by atoms with Gasteiger partial charge in [-0.05, 0) is 30.9 Å². The molecule has 0 aliphatic carbocycles. The molecule has 0 bridgehead atoms. The van der Waals surface area contributed by atoms with Crippen molar-refractivity contribution in [3.05, 3.63) is 21.4 Å². The molecule has 1 unspecified atom stereocenters. The summed E-state index contributed by atoms with van der Waals surface area (Å²) in [5, 5.41) is 12.1. The highest BCUT2D eigenvalue weighted by Gasteiger charge is 2.43. The number of nitrogens with zero attached hydrogens (tertiary/aromatic N) is 1. The molecule has 1 atom stereocenters. The van der Waals surface area contributed by atoms with E-state index >= 15 is 0 Å². The number of ether oxygens (including phenoxy) is 2. The Morgan fingerprint density at radius 3 is 2.85 bits per heavy atom. The second kappa shape index (κ2) is 7.26. The first-order valence-electron chi connectivity index (χ1n) is 9.16. The number of piperidine rings is 1. The van der Waals surface area contributed by atoms with Crippen molar-refractivity contribution in [2.75, 3.05) is 39.5 Å². The summed E-state index contributed by atoms with van der Waals surface area (Å²) >= 11 is 1.55. The second-order valence-corrected chi connectivity index (χ2v) is 8.25. The first-order chi connectivity index (χ1) is 12.6. The number of amides is 2. The Balaban J connectivity index is 1.50. The molecule has 1 aromatic rings. The van der Waals surface area contributed by atoms with Crippen LogP contribution in [0, 0.1) is 0 Å². The van der Waals surface area contributed by atoms with Gasteiger partial charge in [-0.25, -0.2) is 0 Å². The quantitative estimate of drug-likeness (QED) is 0.804. The van der Waals surface area contributed by atoms with E-state index in [-0.39, 0.29) is 17.9 Å². The summed E-state index contributed by atoms with van der Waals surface area (Å²) in [6.45, 7) is 2.60. The van der Waals surface area contributed by atoms with Gasteiger partial charge in [0.25, 0.3) is 5.91 Å². The lowest BCUT2D eigenvalue weighted by Crippen LogP contribution is -2.48. The molecule has 1 aromatic heterocycles. The van der Waals surface area contributed by atoms with Crippen LogP contribution in [0.5, 0.6) is 0 Å². The van der Waals surface area contributed by atoms with Gasteiger partial charge in [0.15, 0.2) is 0 Å². The molecule has 0 aromatic carbocycles. The Kier molecular flexibility index (Phi) is 5.00. The van der Waals surface area contributed by atoms with Gasteiger partial charge >= 0.3 is 0 Å². The smallest absolute Gasteiger partial charge is 0.261 e. The number of hydrogen-bond acceptors (Lipinski definition) is 6. The van der Waals surface area contributed by atoms with Gasteiger partial charge in [0, 0.05) is 31.0 Å². The number of carbonyl (C=O) groups excluding carboxylic acids is 2. The van der Waals surface area contributed by atoms with Crippen LogP contribution in [0.25, 0.3) is 0 Å². The van der Waals surface area contributed by atoms with Gasteiger partial charge in [-0.1, -0.05) is 0 Å². The molecular weight excluding hydrogens is 356 g/mol. The van der Waals surface area contributed by atoms with Gasteiger partial charge in [0.05, 0.1) is 29.7 Å². The van der Waals surface area contributed by atoms with Crippen molar-refractivity contribution < 1.29 is 24.2 Å². The van der Waals surface area contributed by atoms with E-state index in [9.17, 15) is 9.59 Å². The van der Waals surface area contributed by atoms with Crippen LogP contribution in [-0.2, 0) is 26.3 Å². The molecule has 8 heteroatoms. The maximum absolute atomic E-state index is 12.6. The van der Waals surface area contributed by atoms with E-state index in [4.69, 9.17) is 14.6 Å². The molecule has 0 saturated carbocycles. The third kappa shape index (κ3) is 3.26. The van der Waals surface area contributed by atoms with E-state index in [1.165, 1.54) is 4.88 Å². The van der Waals surface area contributed by atoms with Gasteiger partial charge < -0.3 is 24.8 Å². The Morgan fingerprint density at radius 2 is 2.15 bits per heavy atom. The van der Waals surface area contributed by atoms with E-state index in [0.29, 0.717) is 45.8 Å². The number of carbonyl (C=O) groups is 2. The van der Waals surface area contributed by atoms with Crippen molar-refractivity contribution in [1.82, 2.24) is 10.2 Å². The minimum Gasteiger partial charge on any atom is -0.387 e. The molecule has 0 radical (unpaired) electrons. The van der Waals surface area contributed by atoms with Crippen molar-refractivity contribution >= 4 is 23.2 Å². The Morgan fingerprint density at radius 1 is 1.35 bits per heavy atom. The Hall–Kier alpha value is -1.48. The van der Waals surface area contributed by atoms with Crippen molar-refractivity contribution in [3.63, 3.8) is 0 Å². The number of rotatable bonds is 3. The van der Waals surface area contributed by atoms with Crippen molar-refractivity contribution in [2.24, 2.45) is 0 Å². The number of aliphatic hydroxyl groups is 1. The van der Waals surface area contributed by atoms with E-state index in [0.717, 1.165) is 23.3 Å². The highest BCUT2D eigenvalue weighted by Crippen LogP contribution is 2.44. The molecule has 4 heterocycles. The van der Waals surface area contributed by atoms with Crippen molar-refractivity contribution in [1.29, 1.82) is 0 Å². The van der Waals surface area contributed by atoms with Gasteiger partial charge in [-0.15, -0.1) is 11.3 Å². The fourth-order valence-electron chi connectivity index (χ4n) is 4.06. The standard InChI is InChI=1S/C18H24N2O5S/c21-10-16(22)20-5-3-18(4-6-20)13-9-15(26-14(13)2-8-25-18)17(23)19-12-1-7-24-11-12/h9,12,21H,1-8,10-11H2,(H,19,23). The lowest BCUT2D eigenvalue weighted by atomic mass is 9.82. The van der Waals surface area contributed by atoms with Crippen molar-refractivity contribution in [2.45, 2.75) is 37.3 Å². The lowest BCUT2D eigenvalue weighted by Gasteiger charge is -2.43. The van der Waals surface area contributed by atoms with Crippen LogP contribution < -0.4 is 5.32 Å². The molecule has 3 aliphatic rings. The molecule has 142 valence electrons. The molecule has 2 amide bonds. The van der Waals surface area contributed by atoms with Crippen LogP contribution in [-0.4, -0.2) is 67.4 Å². The number of fused-ring (bicyclic) bond motifs is 2. The molecule has 2 saturated heterocycles. The SMILES string of the molecule is O=C(NC1CCOC1)c1cc2c(s1)CCOC21CCN(C(=O)CO)CC1. The fraction of sp³-hybridized carbons (Fsp3) is 0.667. The molecule has 3 aliphatic heterocycles. The summed E-state index contributed by atoms with van der Waals surface area (Å²) in [6.07, 6.45) is 3.07. The van der Waals surface area contributed by atoms with Crippen LogP contribution in [0.2, 0.25) is 0 Å². The topological polar surface area (TPSA) is 88.1 Å². The predicted molar refractivity (Wildman–Crippen MR) is 95.2 cm³/mol. The number of hydrogen-bond donors (Lipinski definition) is 2. The Labute approximate surface area is 156 Å². The van der Waals surface area contributed by atoms with Gasteiger partial charge in [0.2, 0.25) is 5.91 Å². The van der Waals surface area contributed by atoms with Crippen LogP contribution in [0.1, 0.15) is 39.4 Å². The molecular formula is C18H24N2O5S. The van der Waals surface area contributed by atoms with Crippen LogP contribution >= 0.6 is 11.3 Å². The number of likely N-dealkylation sites (tertiary alicyclic amines) is 1. The third-order valence-electron chi connectivity index (χ3n) is 5.56. The molecule has 7 nitrogen and oxygen atoms in total. The number of aliphatic hydroxyl groups excluding tert-OH is 1. The average molecular weight is 380 g/mol. The molecule has 2 fully saturated rings. The first kappa shape index (κ1) is 17.9.